The Morgan fingerprint density at radius 2 is 2.00 bits per heavy atom. The molecule has 2 nitrogen and oxygen atoms in total. The van der Waals surface area contributed by atoms with Crippen molar-refractivity contribution in [3.8, 4) is 0 Å². The Morgan fingerprint density at radius 1 is 1.31 bits per heavy atom. The molecule has 0 radical (unpaired) electrons. The largest absolute Gasteiger partial charge is 0.349 e. The summed E-state index contributed by atoms with van der Waals surface area (Å²) in [5.41, 5.74) is 3.47. The van der Waals surface area contributed by atoms with Crippen LogP contribution in [-0.2, 0) is 7.05 Å². The fourth-order valence-electron chi connectivity index (χ4n) is 1.24. The van der Waals surface area contributed by atoms with Crippen LogP contribution in [0, 0.1) is 6.92 Å². The van der Waals surface area contributed by atoms with E-state index in [-0.39, 0.29) is 0 Å². The van der Waals surface area contributed by atoms with Gasteiger partial charge < -0.3 is 4.57 Å². The van der Waals surface area contributed by atoms with Gasteiger partial charge in [0.2, 0.25) is 0 Å². The maximum atomic E-state index is 4.28. The smallest absolute Gasteiger partial charge is 0.0881 e. The van der Waals surface area contributed by atoms with Crippen LogP contribution in [0.25, 0.3) is 11.0 Å². The Kier molecular flexibility index (Phi) is 3.07. The van der Waals surface area contributed by atoms with Crippen LogP contribution in [0.15, 0.2) is 24.5 Å². The van der Waals surface area contributed by atoms with E-state index < -0.39 is 0 Å². The van der Waals surface area contributed by atoms with Gasteiger partial charge in [-0.2, -0.15) is 0 Å². The summed E-state index contributed by atoms with van der Waals surface area (Å²) in [6.45, 7) is 6.06. The standard InChI is InChI=1S/C9H10N2.C2H6/c1-7-5-9-8(10-6-7)3-4-11(9)2;1-2/h3-6H,1-2H3;1-2H3. The number of rotatable bonds is 0. The number of pyridine rings is 1. The lowest BCUT2D eigenvalue weighted by Gasteiger charge is -1.95. The molecule has 0 saturated heterocycles. The summed E-state index contributed by atoms with van der Waals surface area (Å²) in [6.07, 6.45) is 3.92. The summed E-state index contributed by atoms with van der Waals surface area (Å²) in [4.78, 5) is 4.28. The van der Waals surface area contributed by atoms with E-state index in [1.54, 1.807) is 0 Å². The molecule has 0 unspecified atom stereocenters. The van der Waals surface area contributed by atoms with E-state index in [9.17, 15) is 0 Å². The molecule has 0 amide bonds. The van der Waals surface area contributed by atoms with Crippen molar-refractivity contribution in [2.45, 2.75) is 20.8 Å². The van der Waals surface area contributed by atoms with Crippen molar-refractivity contribution in [2.75, 3.05) is 0 Å². The monoisotopic (exact) mass is 176 g/mol. The quantitative estimate of drug-likeness (QED) is 0.603. The first-order valence-corrected chi connectivity index (χ1v) is 4.65. The highest BCUT2D eigenvalue weighted by Crippen LogP contribution is 2.12. The van der Waals surface area contributed by atoms with Crippen molar-refractivity contribution in [3.63, 3.8) is 0 Å². The number of aryl methyl sites for hydroxylation is 2. The fraction of sp³-hybridized carbons (Fsp3) is 0.364. The van der Waals surface area contributed by atoms with Crippen molar-refractivity contribution < 1.29 is 0 Å². The molecule has 0 saturated carbocycles. The minimum absolute atomic E-state index is 1.07. The Balaban J connectivity index is 0.000000396. The van der Waals surface area contributed by atoms with Gasteiger partial charge in [0.15, 0.2) is 0 Å². The summed E-state index contributed by atoms with van der Waals surface area (Å²) in [5.74, 6) is 0. The van der Waals surface area contributed by atoms with Crippen molar-refractivity contribution >= 4 is 11.0 Å². The van der Waals surface area contributed by atoms with Crippen LogP contribution >= 0.6 is 0 Å². The lowest BCUT2D eigenvalue weighted by molar-refractivity contribution is 0.967. The maximum Gasteiger partial charge on any atom is 0.0881 e. The predicted octanol–water partition coefficient (Wildman–Crippen LogP) is 2.91. The third-order valence-electron chi connectivity index (χ3n) is 1.87. The van der Waals surface area contributed by atoms with Gasteiger partial charge in [0.1, 0.15) is 0 Å². The fourth-order valence-corrected chi connectivity index (χ4v) is 1.24. The highest BCUT2D eigenvalue weighted by molar-refractivity contribution is 5.75. The summed E-state index contributed by atoms with van der Waals surface area (Å²) >= 11 is 0. The highest BCUT2D eigenvalue weighted by Gasteiger charge is 1.96. The molecule has 0 aliphatic carbocycles. The van der Waals surface area contributed by atoms with Crippen molar-refractivity contribution in [1.29, 1.82) is 0 Å². The van der Waals surface area contributed by atoms with Crippen LogP contribution in [-0.4, -0.2) is 9.55 Å². The molecule has 0 bridgehead atoms. The number of fused-ring (bicyclic) bond motifs is 1. The Morgan fingerprint density at radius 3 is 2.69 bits per heavy atom. The summed E-state index contributed by atoms with van der Waals surface area (Å²) in [5, 5.41) is 0. The molecule has 0 N–H and O–H groups in total. The average molecular weight is 176 g/mol. The van der Waals surface area contributed by atoms with Gasteiger partial charge in [0.25, 0.3) is 0 Å². The van der Waals surface area contributed by atoms with Crippen molar-refractivity contribution in [1.82, 2.24) is 9.55 Å². The van der Waals surface area contributed by atoms with E-state index in [0.29, 0.717) is 0 Å². The second-order valence-electron chi connectivity index (χ2n) is 2.84. The van der Waals surface area contributed by atoms with E-state index in [4.69, 9.17) is 0 Å². The first kappa shape index (κ1) is 9.78. The Labute approximate surface area is 79.2 Å². The number of hydrogen-bond donors (Lipinski definition) is 0. The molecular formula is C11H16N2. The van der Waals surface area contributed by atoms with Gasteiger partial charge in [-0.25, -0.2) is 0 Å². The summed E-state index contributed by atoms with van der Waals surface area (Å²) < 4.78 is 2.08. The zero-order valence-corrected chi connectivity index (χ0v) is 8.70. The molecule has 13 heavy (non-hydrogen) atoms. The molecule has 2 heterocycles. The summed E-state index contributed by atoms with van der Waals surface area (Å²) in [7, 11) is 2.03. The molecule has 2 aromatic heterocycles. The van der Waals surface area contributed by atoms with E-state index in [1.807, 2.05) is 39.4 Å². The highest BCUT2D eigenvalue weighted by atomic mass is 14.9. The molecule has 0 fully saturated rings. The summed E-state index contributed by atoms with van der Waals surface area (Å²) in [6, 6.07) is 4.16. The van der Waals surface area contributed by atoms with E-state index in [0.717, 1.165) is 5.52 Å². The van der Waals surface area contributed by atoms with Gasteiger partial charge in [-0.05, 0) is 24.6 Å². The molecular weight excluding hydrogens is 160 g/mol. The van der Waals surface area contributed by atoms with Crippen LogP contribution in [0.5, 0.6) is 0 Å². The van der Waals surface area contributed by atoms with Gasteiger partial charge in [0.05, 0.1) is 11.0 Å². The van der Waals surface area contributed by atoms with E-state index in [1.165, 1.54) is 11.1 Å². The maximum absolute atomic E-state index is 4.28. The van der Waals surface area contributed by atoms with Crippen LogP contribution in [0.2, 0.25) is 0 Å². The third-order valence-corrected chi connectivity index (χ3v) is 1.87. The Hall–Kier alpha value is -1.31. The van der Waals surface area contributed by atoms with Crippen molar-refractivity contribution in [2.24, 2.45) is 7.05 Å². The number of hydrogen-bond acceptors (Lipinski definition) is 1. The molecule has 0 aliphatic heterocycles. The van der Waals surface area contributed by atoms with Gasteiger partial charge in [-0.15, -0.1) is 0 Å². The topological polar surface area (TPSA) is 17.8 Å². The lowest BCUT2D eigenvalue weighted by Crippen LogP contribution is -1.85. The van der Waals surface area contributed by atoms with Crippen LogP contribution < -0.4 is 0 Å². The second kappa shape index (κ2) is 4.08. The van der Waals surface area contributed by atoms with Gasteiger partial charge in [-0.3, -0.25) is 4.98 Å². The minimum atomic E-state index is 1.07. The molecule has 70 valence electrons. The molecule has 0 spiro atoms. The third kappa shape index (κ3) is 1.89. The zero-order chi connectivity index (χ0) is 9.84. The van der Waals surface area contributed by atoms with Crippen molar-refractivity contribution in [3.05, 3.63) is 30.1 Å². The van der Waals surface area contributed by atoms with Crippen LogP contribution in [0.3, 0.4) is 0 Å². The first-order valence-electron chi connectivity index (χ1n) is 4.65. The zero-order valence-electron chi connectivity index (χ0n) is 8.70. The van der Waals surface area contributed by atoms with Crippen LogP contribution in [0.1, 0.15) is 19.4 Å². The molecule has 0 atom stereocenters. The van der Waals surface area contributed by atoms with Gasteiger partial charge in [-0.1, -0.05) is 13.8 Å². The number of aromatic nitrogens is 2. The van der Waals surface area contributed by atoms with Gasteiger partial charge in [0, 0.05) is 19.4 Å². The van der Waals surface area contributed by atoms with Crippen LogP contribution in [0.4, 0.5) is 0 Å². The minimum Gasteiger partial charge on any atom is -0.349 e. The van der Waals surface area contributed by atoms with E-state index in [2.05, 4.69) is 22.5 Å². The lowest BCUT2D eigenvalue weighted by atomic mass is 10.3. The predicted molar refractivity (Wildman–Crippen MR) is 56.8 cm³/mol. The molecule has 2 heteroatoms. The van der Waals surface area contributed by atoms with Gasteiger partial charge >= 0.3 is 0 Å². The first-order chi connectivity index (χ1) is 6.27. The normalized spacial score (nSPS) is 9.54. The Bertz CT molecular complexity index is 388. The van der Waals surface area contributed by atoms with E-state index >= 15 is 0 Å². The average Bonchev–Trinajstić information content (AvgIpc) is 2.52. The number of nitrogens with zero attached hydrogens (tertiary/aromatic N) is 2. The SMILES string of the molecule is CC.Cc1cnc2ccn(C)c2c1. The molecule has 0 aromatic carbocycles. The second-order valence-corrected chi connectivity index (χ2v) is 2.84. The molecule has 2 aromatic rings. The molecule has 0 aliphatic rings. The molecule has 2 rings (SSSR count).